The van der Waals surface area contributed by atoms with Gasteiger partial charge in [-0.25, -0.2) is 4.98 Å². The average molecular weight is 341 g/mol. The van der Waals surface area contributed by atoms with Crippen LogP contribution < -0.4 is 14.8 Å². The molecule has 0 saturated heterocycles. The molecule has 132 valence electrons. The van der Waals surface area contributed by atoms with Crippen LogP contribution in [-0.2, 0) is 0 Å². The predicted octanol–water partition coefficient (Wildman–Crippen LogP) is 3.41. The van der Waals surface area contributed by atoms with E-state index < -0.39 is 0 Å². The van der Waals surface area contributed by atoms with Gasteiger partial charge in [-0.15, -0.1) is 10.2 Å². The number of ether oxygens (including phenoxy) is 2. The number of aromatic nitrogens is 4. The molecule has 7 nitrogen and oxygen atoms in total. The Morgan fingerprint density at radius 2 is 1.68 bits per heavy atom. The Morgan fingerprint density at radius 3 is 2.28 bits per heavy atom. The van der Waals surface area contributed by atoms with E-state index >= 15 is 0 Å². The van der Waals surface area contributed by atoms with Gasteiger partial charge in [0.1, 0.15) is 5.75 Å². The van der Waals surface area contributed by atoms with Gasteiger partial charge >= 0.3 is 0 Å². The van der Waals surface area contributed by atoms with Crippen molar-refractivity contribution in [3.63, 3.8) is 0 Å². The normalized spacial score (nSPS) is 9.80. The van der Waals surface area contributed by atoms with Gasteiger partial charge in [-0.2, -0.15) is 0 Å². The summed E-state index contributed by atoms with van der Waals surface area (Å²) >= 11 is 0. The van der Waals surface area contributed by atoms with Gasteiger partial charge in [0, 0.05) is 24.9 Å². The lowest BCUT2D eigenvalue weighted by Gasteiger charge is -2.16. The van der Waals surface area contributed by atoms with Crippen molar-refractivity contribution in [2.45, 2.75) is 13.8 Å². The zero-order valence-electron chi connectivity index (χ0n) is 15.1. The molecule has 0 saturated carbocycles. The van der Waals surface area contributed by atoms with Gasteiger partial charge in [-0.05, 0) is 0 Å². The number of benzene rings is 1. The van der Waals surface area contributed by atoms with Crippen LogP contribution >= 0.6 is 0 Å². The van der Waals surface area contributed by atoms with Crippen molar-refractivity contribution < 1.29 is 9.47 Å². The highest BCUT2D eigenvalue weighted by Gasteiger charge is 2.22. The molecular weight excluding hydrogens is 318 g/mol. The maximum Gasteiger partial charge on any atom is 0.242 e. The summed E-state index contributed by atoms with van der Waals surface area (Å²) in [7, 11) is 4.95. The third-order valence-electron chi connectivity index (χ3n) is 3.41. The van der Waals surface area contributed by atoms with E-state index in [1.165, 1.54) is 0 Å². The quantitative estimate of drug-likeness (QED) is 0.766. The second-order valence-electron chi connectivity index (χ2n) is 4.67. The molecule has 0 bridgehead atoms. The molecule has 0 unspecified atom stereocenters. The van der Waals surface area contributed by atoms with Crippen LogP contribution in [0.3, 0.4) is 0 Å². The molecule has 0 atom stereocenters. The number of hydrogen-bond acceptors (Lipinski definition) is 6. The SMILES string of the molecule is CC.CNc1nnc(-c2ccccc2)n1-c1c(OC)ccnc1OC. The van der Waals surface area contributed by atoms with E-state index in [1.54, 1.807) is 33.5 Å². The van der Waals surface area contributed by atoms with Crippen LogP contribution in [0.4, 0.5) is 5.95 Å². The number of nitrogens with one attached hydrogen (secondary N) is 1. The third-order valence-corrected chi connectivity index (χ3v) is 3.41. The number of pyridine rings is 1. The molecule has 0 spiro atoms. The van der Waals surface area contributed by atoms with Gasteiger partial charge in [-0.1, -0.05) is 44.2 Å². The van der Waals surface area contributed by atoms with Crippen molar-refractivity contribution >= 4 is 5.95 Å². The fourth-order valence-corrected chi connectivity index (χ4v) is 2.37. The van der Waals surface area contributed by atoms with Gasteiger partial charge in [0.2, 0.25) is 11.8 Å². The van der Waals surface area contributed by atoms with Crippen LogP contribution in [0, 0.1) is 0 Å². The van der Waals surface area contributed by atoms with Crippen molar-refractivity contribution in [1.29, 1.82) is 0 Å². The van der Waals surface area contributed by atoms with Crippen LogP contribution in [0.5, 0.6) is 11.6 Å². The second-order valence-corrected chi connectivity index (χ2v) is 4.67. The number of hydrogen-bond donors (Lipinski definition) is 1. The summed E-state index contributed by atoms with van der Waals surface area (Å²) in [5.74, 6) is 2.27. The molecule has 1 N–H and O–H groups in total. The van der Waals surface area contributed by atoms with Crippen LogP contribution in [0.2, 0.25) is 0 Å². The van der Waals surface area contributed by atoms with Gasteiger partial charge in [0.05, 0.1) is 14.2 Å². The van der Waals surface area contributed by atoms with Gasteiger partial charge in [0.15, 0.2) is 11.5 Å². The Balaban J connectivity index is 0.00000109. The summed E-state index contributed by atoms with van der Waals surface area (Å²) in [6, 6.07) is 11.6. The van der Waals surface area contributed by atoms with Crippen molar-refractivity contribution in [3.8, 4) is 28.7 Å². The van der Waals surface area contributed by atoms with Crippen LogP contribution in [0.1, 0.15) is 13.8 Å². The highest BCUT2D eigenvalue weighted by molar-refractivity contribution is 5.66. The first-order valence-corrected chi connectivity index (χ1v) is 8.06. The smallest absolute Gasteiger partial charge is 0.242 e. The first-order chi connectivity index (χ1) is 12.3. The minimum absolute atomic E-state index is 0.429. The predicted molar refractivity (Wildman–Crippen MR) is 98.6 cm³/mol. The van der Waals surface area contributed by atoms with Crippen molar-refractivity contribution in [1.82, 2.24) is 19.7 Å². The first kappa shape index (κ1) is 18.3. The van der Waals surface area contributed by atoms with Crippen LogP contribution in [-0.4, -0.2) is 41.0 Å². The largest absolute Gasteiger partial charge is 0.494 e. The first-order valence-electron chi connectivity index (χ1n) is 8.06. The van der Waals surface area contributed by atoms with Crippen LogP contribution in [0.15, 0.2) is 42.6 Å². The summed E-state index contributed by atoms with van der Waals surface area (Å²) < 4.78 is 12.7. The van der Waals surface area contributed by atoms with Crippen LogP contribution in [0.25, 0.3) is 17.1 Å². The molecule has 7 heteroatoms. The van der Waals surface area contributed by atoms with E-state index in [0.29, 0.717) is 29.1 Å². The van der Waals surface area contributed by atoms with Gasteiger partial charge in [-0.3, -0.25) is 4.57 Å². The Labute approximate surface area is 147 Å². The molecule has 0 amide bonds. The highest BCUT2D eigenvalue weighted by Crippen LogP contribution is 2.35. The third kappa shape index (κ3) is 3.55. The van der Waals surface area contributed by atoms with E-state index in [4.69, 9.17) is 9.47 Å². The van der Waals surface area contributed by atoms with E-state index in [0.717, 1.165) is 5.56 Å². The average Bonchev–Trinajstić information content (AvgIpc) is 3.13. The minimum atomic E-state index is 0.429. The number of methoxy groups -OCH3 is 2. The van der Waals surface area contributed by atoms with Gasteiger partial charge in [0.25, 0.3) is 0 Å². The lowest BCUT2D eigenvalue weighted by Crippen LogP contribution is -2.08. The Hall–Kier alpha value is -3.09. The van der Waals surface area contributed by atoms with Gasteiger partial charge < -0.3 is 14.8 Å². The fraction of sp³-hybridized carbons (Fsp3) is 0.278. The number of rotatable bonds is 5. The van der Waals surface area contributed by atoms with E-state index in [-0.39, 0.29) is 0 Å². The molecule has 3 aromatic rings. The molecule has 0 fully saturated rings. The Morgan fingerprint density at radius 1 is 0.960 bits per heavy atom. The molecule has 25 heavy (non-hydrogen) atoms. The maximum absolute atomic E-state index is 5.48. The standard InChI is InChI=1S/C16H17N5O2.C2H6/c1-17-16-20-19-14(11-7-5-4-6-8-11)21(16)13-12(22-2)9-10-18-15(13)23-3;1-2/h4-10H,1-3H3,(H,17,20);1-2H3. The highest BCUT2D eigenvalue weighted by atomic mass is 16.5. The van der Waals surface area contributed by atoms with E-state index in [9.17, 15) is 0 Å². The zero-order chi connectivity index (χ0) is 18.2. The molecule has 0 aliphatic rings. The summed E-state index contributed by atoms with van der Waals surface area (Å²) in [6.45, 7) is 4.00. The Kier molecular flexibility index (Phi) is 6.33. The molecule has 0 radical (unpaired) electrons. The Bertz CT molecular complexity index is 780. The number of nitrogens with zero attached hydrogens (tertiary/aromatic N) is 4. The minimum Gasteiger partial charge on any atom is -0.494 e. The fourth-order valence-electron chi connectivity index (χ4n) is 2.37. The molecule has 3 rings (SSSR count). The summed E-state index contributed by atoms with van der Waals surface area (Å²) in [5.41, 5.74) is 1.57. The van der Waals surface area contributed by atoms with E-state index in [1.807, 2.05) is 48.7 Å². The summed E-state index contributed by atoms with van der Waals surface area (Å²) in [5, 5.41) is 11.5. The molecule has 0 aliphatic heterocycles. The number of anilines is 1. The van der Waals surface area contributed by atoms with Crippen molar-refractivity contribution in [3.05, 3.63) is 42.6 Å². The second kappa shape index (κ2) is 8.68. The van der Waals surface area contributed by atoms with Crippen molar-refractivity contribution in [2.24, 2.45) is 0 Å². The molecule has 2 heterocycles. The zero-order valence-corrected chi connectivity index (χ0v) is 15.1. The topological polar surface area (TPSA) is 74.1 Å². The molecule has 2 aromatic heterocycles. The lowest BCUT2D eigenvalue weighted by atomic mass is 10.2. The summed E-state index contributed by atoms with van der Waals surface area (Å²) in [6.07, 6.45) is 1.63. The molecule has 1 aromatic carbocycles. The van der Waals surface area contributed by atoms with Crippen molar-refractivity contribution in [2.75, 3.05) is 26.6 Å². The molecular formula is C18H23N5O2. The molecule has 0 aliphatic carbocycles. The monoisotopic (exact) mass is 341 g/mol. The summed E-state index contributed by atoms with van der Waals surface area (Å²) in [4.78, 5) is 4.27. The maximum atomic E-state index is 5.48. The lowest BCUT2D eigenvalue weighted by molar-refractivity contribution is 0.379. The van der Waals surface area contributed by atoms with E-state index in [2.05, 4.69) is 20.5 Å².